The topological polar surface area (TPSA) is 87.7 Å². The number of pyridine rings is 1. The molecule has 3 N–H and O–H groups in total. The van der Waals surface area contributed by atoms with Crippen molar-refractivity contribution >= 4 is 17.6 Å². The van der Waals surface area contributed by atoms with E-state index in [9.17, 15) is 0 Å². The first-order valence-electron chi connectivity index (χ1n) is 5.00. The standard InChI is InChI=1S/C11H12N4S/c1-3-7-8(5-12)10(14)15-11(16-4-2)9(7)6-13/h3-4H2,1-2H3,(H2,14,15)/p+1. The maximum absolute atomic E-state index is 9.13. The van der Waals surface area contributed by atoms with Crippen LogP contribution in [0.2, 0.25) is 0 Å². The molecule has 0 fully saturated rings. The van der Waals surface area contributed by atoms with Gasteiger partial charge in [-0.05, 0) is 12.2 Å². The third kappa shape index (κ3) is 2.10. The smallest absolute Gasteiger partial charge is 0.286 e. The monoisotopic (exact) mass is 233 g/mol. The SMILES string of the molecule is CCSc1[nH+]c(N)c(C#N)c(CC)c1C#N. The molecule has 0 aliphatic rings. The summed E-state index contributed by atoms with van der Waals surface area (Å²) in [5.41, 5.74) is 7.43. The molecule has 1 heterocycles. The quantitative estimate of drug-likeness (QED) is 0.801. The van der Waals surface area contributed by atoms with Crippen LogP contribution in [0.25, 0.3) is 0 Å². The van der Waals surface area contributed by atoms with Crippen LogP contribution in [0.15, 0.2) is 5.03 Å². The van der Waals surface area contributed by atoms with Gasteiger partial charge in [-0.1, -0.05) is 25.6 Å². The van der Waals surface area contributed by atoms with Crippen molar-refractivity contribution in [2.24, 2.45) is 0 Å². The number of H-pyrrole nitrogens is 1. The molecule has 0 aliphatic heterocycles. The molecule has 0 aliphatic carbocycles. The summed E-state index contributed by atoms with van der Waals surface area (Å²) in [4.78, 5) is 2.92. The average molecular weight is 233 g/mol. The van der Waals surface area contributed by atoms with E-state index < -0.39 is 0 Å². The number of hydrogen-bond acceptors (Lipinski definition) is 4. The van der Waals surface area contributed by atoms with E-state index in [1.54, 1.807) is 0 Å². The van der Waals surface area contributed by atoms with Crippen molar-refractivity contribution in [3.05, 3.63) is 16.7 Å². The highest BCUT2D eigenvalue weighted by atomic mass is 32.2. The molecule has 4 nitrogen and oxygen atoms in total. The van der Waals surface area contributed by atoms with Gasteiger partial charge in [-0.3, -0.25) is 5.73 Å². The van der Waals surface area contributed by atoms with Gasteiger partial charge in [0, 0.05) is 5.56 Å². The number of aromatic nitrogens is 1. The highest BCUT2D eigenvalue weighted by Gasteiger charge is 2.20. The van der Waals surface area contributed by atoms with Crippen LogP contribution < -0.4 is 10.7 Å². The zero-order chi connectivity index (χ0) is 12.1. The van der Waals surface area contributed by atoms with Crippen molar-refractivity contribution in [1.29, 1.82) is 10.5 Å². The van der Waals surface area contributed by atoms with Gasteiger partial charge < -0.3 is 0 Å². The summed E-state index contributed by atoms with van der Waals surface area (Å²) in [5.74, 6) is 1.19. The fourth-order valence-electron chi connectivity index (χ4n) is 1.52. The molecule has 16 heavy (non-hydrogen) atoms. The van der Waals surface area contributed by atoms with Gasteiger partial charge in [-0.2, -0.15) is 10.5 Å². The van der Waals surface area contributed by atoms with Gasteiger partial charge in [-0.25, -0.2) is 4.98 Å². The third-order valence-electron chi connectivity index (χ3n) is 2.21. The second-order valence-corrected chi connectivity index (χ2v) is 4.38. The number of nitrogens with two attached hydrogens (primary N) is 1. The van der Waals surface area contributed by atoms with E-state index in [1.165, 1.54) is 11.8 Å². The molecule has 0 bridgehead atoms. The maximum atomic E-state index is 9.13. The molecular formula is C11H13N4S+. The number of nitriles is 2. The van der Waals surface area contributed by atoms with Gasteiger partial charge in [0.25, 0.3) is 5.82 Å². The van der Waals surface area contributed by atoms with Gasteiger partial charge in [-0.15, -0.1) is 0 Å². The van der Waals surface area contributed by atoms with Crippen LogP contribution in [0.5, 0.6) is 0 Å². The third-order valence-corrected chi connectivity index (χ3v) is 3.10. The number of nitrogens with zero attached hydrogens (tertiary/aromatic N) is 2. The zero-order valence-electron chi connectivity index (χ0n) is 9.29. The molecule has 0 atom stereocenters. The van der Waals surface area contributed by atoms with E-state index in [1.807, 2.05) is 19.9 Å². The Morgan fingerprint density at radius 1 is 1.25 bits per heavy atom. The molecule has 0 amide bonds. The predicted octanol–water partition coefficient (Wildman–Crippen LogP) is 1.50. The predicted molar refractivity (Wildman–Crippen MR) is 62.6 cm³/mol. The van der Waals surface area contributed by atoms with Crippen LogP contribution in [-0.4, -0.2) is 5.75 Å². The number of nitrogen functional groups attached to an aromatic ring is 1. The molecule has 1 rings (SSSR count). The normalized spacial score (nSPS) is 9.50. The lowest BCUT2D eigenvalue weighted by atomic mass is 10.0. The van der Waals surface area contributed by atoms with Crippen molar-refractivity contribution in [2.75, 3.05) is 11.5 Å². The highest BCUT2D eigenvalue weighted by molar-refractivity contribution is 7.99. The van der Waals surface area contributed by atoms with Crippen LogP contribution in [0.1, 0.15) is 30.5 Å². The van der Waals surface area contributed by atoms with Crippen molar-refractivity contribution in [1.82, 2.24) is 0 Å². The number of rotatable bonds is 3. The van der Waals surface area contributed by atoms with Crippen LogP contribution in [0.4, 0.5) is 5.82 Å². The molecule has 0 radical (unpaired) electrons. The second-order valence-electron chi connectivity index (χ2n) is 3.11. The first kappa shape index (κ1) is 12.4. The minimum absolute atomic E-state index is 0.342. The van der Waals surface area contributed by atoms with Gasteiger partial charge in [0.2, 0.25) is 0 Å². The number of anilines is 1. The first-order chi connectivity index (χ1) is 7.69. The summed E-state index contributed by atoms with van der Waals surface area (Å²) in [6.07, 6.45) is 0.627. The molecule has 0 unspecified atom stereocenters. The second kappa shape index (κ2) is 5.39. The Morgan fingerprint density at radius 3 is 2.31 bits per heavy atom. The Labute approximate surface area is 99.1 Å². The Morgan fingerprint density at radius 2 is 1.88 bits per heavy atom. The fraction of sp³-hybridized carbons (Fsp3) is 0.364. The minimum atomic E-state index is 0.342. The van der Waals surface area contributed by atoms with E-state index in [0.717, 1.165) is 16.3 Å². The number of hydrogen-bond donors (Lipinski definition) is 1. The summed E-state index contributed by atoms with van der Waals surface area (Å²) in [6, 6.07) is 4.19. The molecule has 82 valence electrons. The number of nitrogens with one attached hydrogen (secondary N) is 1. The Hall–Kier alpha value is -1.72. The van der Waals surface area contributed by atoms with Gasteiger partial charge in [0.15, 0.2) is 5.03 Å². The summed E-state index contributed by atoms with van der Waals surface area (Å²) in [5, 5.41) is 18.9. The summed E-state index contributed by atoms with van der Waals surface area (Å²) >= 11 is 1.52. The van der Waals surface area contributed by atoms with Crippen molar-refractivity contribution in [3.63, 3.8) is 0 Å². The maximum Gasteiger partial charge on any atom is 0.289 e. The van der Waals surface area contributed by atoms with Crippen LogP contribution in [-0.2, 0) is 6.42 Å². The van der Waals surface area contributed by atoms with E-state index in [2.05, 4.69) is 11.1 Å². The van der Waals surface area contributed by atoms with Crippen molar-refractivity contribution in [2.45, 2.75) is 25.3 Å². The van der Waals surface area contributed by atoms with Crippen molar-refractivity contribution in [3.8, 4) is 12.1 Å². The number of thioether (sulfide) groups is 1. The molecule has 0 saturated heterocycles. The summed E-state index contributed by atoms with van der Waals surface area (Å²) in [6.45, 7) is 3.91. The average Bonchev–Trinajstić information content (AvgIpc) is 2.28. The zero-order valence-corrected chi connectivity index (χ0v) is 10.1. The van der Waals surface area contributed by atoms with Crippen molar-refractivity contribution < 1.29 is 4.98 Å². The molecule has 0 spiro atoms. The van der Waals surface area contributed by atoms with E-state index >= 15 is 0 Å². The fourth-order valence-corrected chi connectivity index (χ4v) is 2.31. The largest absolute Gasteiger partial charge is 0.289 e. The van der Waals surface area contributed by atoms with E-state index in [0.29, 0.717) is 23.4 Å². The lowest BCUT2D eigenvalue weighted by Crippen LogP contribution is -2.19. The highest BCUT2D eigenvalue weighted by Crippen LogP contribution is 2.25. The van der Waals surface area contributed by atoms with Crippen LogP contribution in [0.3, 0.4) is 0 Å². The number of aromatic amines is 1. The Kier molecular flexibility index (Phi) is 4.16. The molecular weight excluding hydrogens is 220 g/mol. The molecule has 1 aromatic rings. The summed E-state index contributed by atoms with van der Waals surface area (Å²) in [7, 11) is 0. The lowest BCUT2D eigenvalue weighted by Gasteiger charge is -2.06. The van der Waals surface area contributed by atoms with Gasteiger partial charge in [0.1, 0.15) is 23.3 Å². The van der Waals surface area contributed by atoms with Crippen LogP contribution in [0, 0.1) is 22.7 Å². The van der Waals surface area contributed by atoms with Gasteiger partial charge >= 0.3 is 0 Å². The Bertz CT molecular complexity index is 482. The Balaban J connectivity index is 3.53. The first-order valence-corrected chi connectivity index (χ1v) is 5.98. The molecule has 5 heteroatoms. The lowest BCUT2D eigenvalue weighted by molar-refractivity contribution is -0.410. The van der Waals surface area contributed by atoms with Gasteiger partial charge in [0.05, 0.1) is 0 Å². The summed E-state index contributed by atoms with van der Waals surface area (Å²) < 4.78 is 0. The molecule has 0 saturated carbocycles. The van der Waals surface area contributed by atoms with E-state index in [4.69, 9.17) is 16.3 Å². The van der Waals surface area contributed by atoms with E-state index in [-0.39, 0.29) is 0 Å². The molecule has 0 aromatic carbocycles. The molecule has 1 aromatic heterocycles. The van der Waals surface area contributed by atoms with Crippen LogP contribution >= 0.6 is 11.8 Å². The minimum Gasteiger partial charge on any atom is -0.286 e.